The summed E-state index contributed by atoms with van der Waals surface area (Å²) in [6.45, 7) is 2.25. The number of hydrogen-bond acceptors (Lipinski definition) is 2. The van der Waals surface area contributed by atoms with Gasteiger partial charge in [0.2, 0.25) is 0 Å². The number of hydrogen-bond donors (Lipinski definition) is 0. The Balaban J connectivity index is 1.03. The SMILES string of the molecule is CCCc1ccc(-c2ccc(N(c3ccc(-c4ccc5ccccc5c4-c4ccc5c(c4)oc4ccccc45)cc3)c3cccc4ccccc34)cc2)c2ccccc12. The molecule has 0 fully saturated rings. The predicted octanol–water partition coefficient (Wildman–Crippen LogP) is 16.5. The van der Waals surface area contributed by atoms with Crippen molar-refractivity contribution < 1.29 is 4.42 Å². The highest BCUT2D eigenvalue weighted by Gasteiger charge is 2.19. The largest absolute Gasteiger partial charge is 0.456 e. The van der Waals surface area contributed by atoms with Gasteiger partial charge in [-0.1, -0.05) is 171 Å². The number of nitrogens with zero attached hydrogens (tertiary/aromatic N) is 1. The molecule has 0 spiro atoms. The molecule has 2 heteroatoms. The second-order valence-corrected chi connectivity index (χ2v) is 15.5. The van der Waals surface area contributed by atoms with Crippen molar-refractivity contribution in [2.24, 2.45) is 0 Å². The minimum atomic E-state index is 0.899. The quantitative estimate of drug-likeness (QED) is 0.154. The maximum absolute atomic E-state index is 6.39. The van der Waals surface area contributed by atoms with Gasteiger partial charge in [0, 0.05) is 27.5 Å². The minimum Gasteiger partial charge on any atom is -0.456 e. The van der Waals surface area contributed by atoms with Crippen LogP contribution in [0.2, 0.25) is 0 Å². The average Bonchev–Trinajstić information content (AvgIpc) is 3.67. The Morgan fingerprint density at radius 3 is 1.69 bits per heavy atom. The van der Waals surface area contributed by atoms with E-state index < -0.39 is 0 Å². The summed E-state index contributed by atoms with van der Waals surface area (Å²) in [4.78, 5) is 2.40. The Bertz CT molecular complexity index is 3330. The van der Waals surface area contributed by atoms with Crippen LogP contribution in [-0.2, 0) is 6.42 Å². The second kappa shape index (κ2) is 14.5. The summed E-state index contributed by atoms with van der Waals surface area (Å²) >= 11 is 0. The first kappa shape index (κ1) is 34.8. The van der Waals surface area contributed by atoms with E-state index in [0.29, 0.717) is 0 Å². The van der Waals surface area contributed by atoms with Gasteiger partial charge in [-0.25, -0.2) is 0 Å². The third-order valence-corrected chi connectivity index (χ3v) is 12.0. The molecule has 59 heavy (non-hydrogen) atoms. The predicted molar refractivity (Wildman–Crippen MR) is 251 cm³/mol. The van der Waals surface area contributed by atoms with Gasteiger partial charge in [-0.2, -0.15) is 0 Å². The van der Waals surface area contributed by atoms with Gasteiger partial charge in [-0.3, -0.25) is 0 Å². The summed E-state index contributed by atoms with van der Waals surface area (Å²) in [5.74, 6) is 0. The van der Waals surface area contributed by atoms with Crippen molar-refractivity contribution in [3.05, 3.63) is 212 Å². The van der Waals surface area contributed by atoms with Crippen molar-refractivity contribution in [3.8, 4) is 33.4 Å². The van der Waals surface area contributed by atoms with Crippen LogP contribution >= 0.6 is 0 Å². The van der Waals surface area contributed by atoms with E-state index in [0.717, 1.165) is 63.0 Å². The molecule has 11 aromatic rings. The zero-order valence-electron chi connectivity index (χ0n) is 32.9. The van der Waals surface area contributed by atoms with Crippen molar-refractivity contribution in [2.75, 3.05) is 4.90 Å². The summed E-state index contributed by atoms with van der Waals surface area (Å²) in [6.07, 6.45) is 2.21. The zero-order valence-corrected chi connectivity index (χ0v) is 32.9. The van der Waals surface area contributed by atoms with E-state index in [9.17, 15) is 0 Å². The summed E-state index contributed by atoms with van der Waals surface area (Å²) in [6, 6.07) is 75.1. The number of anilines is 3. The summed E-state index contributed by atoms with van der Waals surface area (Å²) in [5.41, 5.74) is 13.7. The van der Waals surface area contributed by atoms with E-state index >= 15 is 0 Å². The van der Waals surface area contributed by atoms with Crippen molar-refractivity contribution in [1.29, 1.82) is 0 Å². The Morgan fingerprint density at radius 1 is 0.390 bits per heavy atom. The number of rotatable bonds is 8. The molecule has 2 nitrogen and oxygen atoms in total. The fourth-order valence-corrected chi connectivity index (χ4v) is 9.22. The summed E-state index contributed by atoms with van der Waals surface area (Å²) in [5, 5.41) is 9.77. The first-order valence-corrected chi connectivity index (χ1v) is 20.6. The molecule has 0 saturated heterocycles. The third kappa shape index (κ3) is 6.04. The summed E-state index contributed by atoms with van der Waals surface area (Å²) < 4.78 is 6.39. The van der Waals surface area contributed by atoms with Crippen LogP contribution in [0.3, 0.4) is 0 Å². The van der Waals surface area contributed by atoms with Crippen LogP contribution in [-0.4, -0.2) is 0 Å². The lowest BCUT2D eigenvalue weighted by Gasteiger charge is -2.27. The topological polar surface area (TPSA) is 16.4 Å². The highest BCUT2D eigenvalue weighted by Crippen LogP contribution is 2.44. The molecule has 0 aliphatic rings. The molecule has 11 rings (SSSR count). The Labute approximate surface area is 344 Å². The molecule has 1 aromatic heterocycles. The van der Waals surface area contributed by atoms with Gasteiger partial charge in [-0.05, 0) is 121 Å². The van der Waals surface area contributed by atoms with Gasteiger partial charge in [0.25, 0.3) is 0 Å². The van der Waals surface area contributed by atoms with Crippen LogP contribution < -0.4 is 4.90 Å². The molecule has 1 heterocycles. The van der Waals surface area contributed by atoms with Crippen molar-refractivity contribution >= 4 is 71.3 Å². The molecule has 280 valence electrons. The molecule has 0 radical (unpaired) electrons. The molecular formula is C57H41NO. The van der Waals surface area contributed by atoms with Crippen LogP contribution in [0.1, 0.15) is 18.9 Å². The van der Waals surface area contributed by atoms with E-state index in [1.807, 2.05) is 12.1 Å². The van der Waals surface area contributed by atoms with Gasteiger partial charge in [0.1, 0.15) is 11.2 Å². The van der Waals surface area contributed by atoms with E-state index in [-0.39, 0.29) is 0 Å². The van der Waals surface area contributed by atoms with Gasteiger partial charge >= 0.3 is 0 Å². The highest BCUT2D eigenvalue weighted by molar-refractivity contribution is 6.09. The average molecular weight is 756 g/mol. The van der Waals surface area contributed by atoms with Crippen molar-refractivity contribution in [3.63, 3.8) is 0 Å². The smallest absolute Gasteiger partial charge is 0.136 e. The molecule has 0 saturated carbocycles. The van der Waals surface area contributed by atoms with Crippen LogP contribution in [0, 0.1) is 0 Å². The molecule has 0 atom stereocenters. The number of aryl methyl sites for hydroxylation is 1. The minimum absolute atomic E-state index is 0.899. The standard InChI is InChI=1S/C57H41NO/c1-2-12-38-27-34-47(51-19-8-7-16-46(38)51)41-23-30-44(31-24-41)58(54-21-11-15-39-13-3-5-17-48(39)54)45-32-25-42(26-33-45)50-35-28-40-14-4-6-18-49(40)57(50)43-29-36-53-52-20-9-10-22-55(52)59-56(53)37-43/h3-11,13-37H,2,12H2,1H3. The van der Waals surface area contributed by atoms with E-state index in [2.05, 4.69) is 206 Å². The molecule has 0 amide bonds. The second-order valence-electron chi connectivity index (χ2n) is 15.5. The Hall–Kier alpha value is -7.42. The van der Waals surface area contributed by atoms with Gasteiger partial charge < -0.3 is 9.32 Å². The molecule has 0 N–H and O–H groups in total. The van der Waals surface area contributed by atoms with Crippen molar-refractivity contribution in [1.82, 2.24) is 0 Å². The monoisotopic (exact) mass is 755 g/mol. The highest BCUT2D eigenvalue weighted by atomic mass is 16.3. The molecule has 10 aromatic carbocycles. The third-order valence-electron chi connectivity index (χ3n) is 12.0. The van der Waals surface area contributed by atoms with Gasteiger partial charge in [-0.15, -0.1) is 0 Å². The fraction of sp³-hybridized carbons (Fsp3) is 0.0526. The van der Waals surface area contributed by atoms with Crippen LogP contribution in [0.5, 0.6) is 0 Å². The lowest BCUT2D eigenvalue weighted by molar-refractivity contribution is 0.669. The lowest BCUT2D eigenvalue weighted by Crippen LogP contribution is -2.10. The van der Waals surface area contributed by atoms with Gasteiger partial charge in [0.05, 0.1) is 5.69 Å². The van der Waals surface area contributed by atoms with Crippen molar-refractivity contribution in [2.45, 2.75) is 19.8 Å². The molecular weight excluding hydrogens is 715 g/mol. The fourth-order valence-electron chi connectivity index (χ4n) is 9.22. The van der Waals surface area contributed by atoms with Crippen LogP contribution in [0.4, 0.5) is 17.1 Å². The van der Waals surface area contributed by atoms with E-state index in [1.165, 1.54) is 60.1 Å². The normalized spacial score (nSPS) is 11.6. The molecule has 0 aliphatic carbocycles. The zero-order chi connectivity index (χ0) is 39.3. The summed E-state index contributed by atoms with van der Waals surface area (Å²) in [7, 11) is 0. The first-order chi connectivity index (χ1) is 29.2. The van der Waals surface area contributed by atoms with Crippen LogP contribution in [0.15, 0.2) is 211 Å². The van der Waals surface area contributed by atoms with Crippen LogP contribution in [0.25, 0.3) is 87.6 Å². The van der Waals surface area contributed by atoms with E-state index in [4.69, 9.17) is 4.42 Å². The first-order valence-electron chi connectivity index (χ1n) is 20.6. The number of fused-ring (bicyclic) bond motifs is 6. The lowest BCUT2D eigenvalue weighted by atomic mass is 9.89. The maximum atomic E-state index is 6.39. The van der Waals surface area contributed by atoms with Gasteiger partial charge in [0.15, 0.2) is 0 Å². The molecule has 0 unspecified atom stereocenters. The molecule has 0 bridgehead atoms. The number of benzene rings is 10. The number of para-hydroxylation sites is 1. The number of furan rings is 1. The Morgan fingerprint density at radius 2 is 0.949 bits per heavy atom. The maximum Gasteiger partial charge on any atom is 0.136 e. The van der Waals surface area contributed by atoms with E-state index in [1.54, 1.807) is 0 Å². The Kier molecular flexibility index (Phi) is 8.56. The molecule has 0 aliphatic heterocycles.